The van der Waals surface area contributed by atoms with Crippen LogP contribution in [0.25, 0.3) is 85.1 Å². The average molecular weight is 1010 g/mol. The normalized spacial score (nSPS) is 29.5. The minimum Gasteiger partial charge on any atom is -0.721 e. The Morgan fingerprint density at radius 1 is 0.349 bits per heavy atom. The number of nitrogens with zero attached hydrogens (tertiary/aromatic N) is 16. The quantitative estimate of drug-likeness (QED) is 0.141. The van der Waals surface area contributed by atoms with Crippen molar-refractivity contribution < 1.29 is 50.3 Å². The zero-order valence-electron chi connectivity index (χ0n) is 37.8. The van der Waals surface area contributed by atoms with Crippen molar-refractivity contribution in [3.8, 4) is 0 Å². The van der Waals surface area contributed by atoms with Gasteiger partial charge in [0, 0.05) is 50.3 Å². The molecule has 0 aromatic heterocycles. The predicted molar refractivity (Wildman–Crippen MR) is 253 cm³/mol. The summed E-state index contributed by atoms with van der Waals surface area (Å²) in [7, 11) is 0. The zero-order chi connectivity index (χ0) is 41.4. The van der Waals surface area contributed by atoms with Crippen LogP contribution in [0.5, 0.6) is 0 Å². The Labute approximate surface area is 414 Å². The van der Waals surface area contributed by atoms with E-state index in [9.17, 15) is 0 Å². The molecule has 0 aromatic carbocycles. The van der Waals surface area contributed by atoms with E-state index in [0.717, 1.165) is 103 Å². The monoisotopic (exact) mass is 1010 g/mol. The summed E-state index contributed by atoms with van der Waals surface area (Å²) in [5, 5.41) is 71.0. The number of hydrogen-bond donors (Lipinski definition) is 0. The van der Waals surface area contributed by atoms with Crippen LogP contribution in [0.15, 0.2) is 24.0 Å². The number of allylic oxidation sites excluding steroid dienone is 2. The largest absolute Gasteiger partial charge is 0.721 e. The fraction of sp³-hybridized carbons (Fsp3) is 0.909. The molecule has 7 unspecified atom stereocenters. The van der Waals surface area contributed by atoms with Gasteiger partial charge in [-0.25, -0.2) is 49.8 Å². The fourth-order valence-electron chi connectivity index (χ4n) is 7.87. The number of rotatable bonds is 16. The maximum absolute atomic E-state index is 4.48. The van der Waals surface area contributed by atoms with Gasteiger partial charge in [-0.2, -0.15) is 0 Å². The van der Waals surface area contributed by atoms with E-state index in [1.807, 2.05) is 18.2 Å². The van der Waals surface area contributed by atoms with Gasteiger partial charge < -0.3 is 85.1 Å². The topological polar surface area (TPSA) is 226 Å². The van der Waals surface area contributed by atoms with Gasteiger partial charge in [-0.1, -0.05) is 147 Å². The summed E-state index contributed by atoms with van der Waals surface area (Å²) in [6, 6.07) is 0. The van der Waals surface area contributed by atoms with Crippen molar-refractivity contribution in [1.29, 1.82) is 0 Å². The molecule has 8 aliphatic heterocycles. The van der Waals surface area contributed by atoms with Crippen molar-refractivity contribution in [3.63, 3.8) is 0 Å². The molecule has 7 atom stereocenters. The van der Waals surface area contributed by atoms with Crippen LogP contribution in [0.2, 0.25) is 0 Å². The number of hydrogen-bond acceptors (Lipinski definition) is 0. The minimum atomic E-state index is 0. The molecule has 375 valence electrons. The van der Waals surface area contributed by atoms with Gasteiger partial charge in [-0.15, -0.1) is 58.4 Å². The summed E-state index contributed by atoms with van der Waals surface area (Å²) in [6.45, 7) is 9.93. The van der Waals surface area contributed by atoms with Gasteiger partial charge in [-0.3, -0.25) is 25.8 Å². The van der Waals surface area contributed by atoms with Crippen LogP contribution in [0.4, 0.5) is 0 Å². The van der Waals surface area contributed by atoms with Crippen molar-refractivity contribution in [2.45, 2.75) is 178 Å². The summed E-state index contributed by atoms with van der Waals surface area (Å²) >= 11 is 0. The molecule has 0 aliphatic carbocycles. The van der Waals surface area contributed by atoms with Gasteiger partial charge in [0.05, 0.1) is 0 Å². The van der Waals surface area contributed by atoms with Crippen molar-refractivity contribution in [2.24, 2.45) is 0 Å². The zero-order valence-corrected chi connectivity index (χ0v) is 40.9. The molecule has 8 rings (SSSR count). The first-order valence-corrected chi connectivity index (χ1v) is 23.8. The molecule has 8 aliphatic rings. The van der Waals surface area contributed by atoms with Crippen LogP contribution >= 0.6 is 0 Å². The molecule has 0 spiro atoms. The third-order valence-electron chi connectivity index (χ3n) is 11.5. The molecule has 0 N–H and O–H groups in total. The molecule has 63 heavy (non-hydrogen) atoms. The van der Waals surface area contributed by atoms with Crippen molar-refractivity contribution in [1.82, 2.24) is 0 Å². The van der Waals surface area contributed by atoms with Gasteiger partial charge in [0.15, 0.2) is 0 Å². The van der Waals surface area contributed by atoms with E-state index >= 15 is 0 Å². The van der Waals surface area contributed by atoms with E-state index in [2.05, 4.69) is 85.1 Å². The molecule has 0 amide bonds. The summed E-state index contributed by atoms with van der Waals surface area (Å²) in [4.78, 5) is 0. The molecule has 7 saturated heterocycles. The molecule has 8 heterocycles. The van der Waals surface area contributed by atoms with Gasteiger partial charge >= 0.3 is 0 Å². The first-order chi connectivity index (χ1) is 29.8. The first kappa shape index (κ1) is 59.2. The summed E-state index contributed by atoms with van der Waals surface area (Å²) in [5.74, 6) is 0.803. The smallest absolute Gasteiger partial charge is 0 e. The van der Waals surface area contributed by atoms with E-state index in [0.29, 0.717) is 26.7 Å². The Kier molecular flexibility index (Phi) is 37.5. The van der Waals surface area contributed by atoms with Crippen LogP contribution in [-0.4, -0.2) is 122 Å². The Hall–Kier alpha value is 0.0395. The van der Waals surface area contributed by atoms with Gasteiger partial charge in [0.2, 0.25) is 0 Å². The molecule has 0 bridgehead atoms. The third kappa shape index (κ3) is 28.9. The van der Waals surface area contributed by atoms with Crippen molar-refractivity contribution in [3.05, 3.63) is 109 Å². The Morgan fingerprint density at radius 3 is 0.810 bits per heavy atom. The summed E-state index contributed by atoms with van der Waals surface area (Å²) in [6.07, 6.45) is 32.8. The molecule has 19 heteroatoms. The standard InChI is InChI=1S/3C11H20N4.C11H16N4.3Co/c4*1-3-7-12-10(5-1)14-9-15-11-6-2-4-8-13-11;;;/h3*10-11H,1-9H2;1,3,5,11H,2,4,6-9H2;;;/q4*-4;;;. The number of piperidine rings is 7. The third-order valence-corrected chi connectivity index (χ3v) is 11.5. The maximum Gasteiger partial charge on any atom is 0 e. The second kappa shape index (κ2) is 40.0. The van der Waals surface area contributed by atoms with Crippen molar-refractivity contribution in [2.75, 3.05) is 79.0 Å². The van der Waals surface area contributed by atoms with Crippen LogP contribution < -0.4 is 0 Å². The Morgan fingerprint density at radius 2 is 0.603 bits per heavy atom. The van der Waals surface area contributed by atoms with Gasteiger partial charge in [0.25, 0.3) is 0 Å². The molecule has 7 fully saturated rings. The fourth-order valence-corrected chi connectivity index (χ4v) is 7.87. The molecule has 0 aromatic rings. The second-order valence-corrected chi connectivity index (χ2v) is 16.5. The first-order valence-electron chi connectivity index (χ1n) is 23.8. The van der Waals surface area contributed by atoms with Gasteiger partial charge in [0.1, 0.15) is 0 Å². The van der Waals surface area contributed by atoms with E-state index in [1.54, 1.807) is 0 Å². The van der Waals surface area contributed by atoms with Gasteiger partial charge in [-0.05, 0) is 0 Å². The Balaban J connectivity index is 0.000000284. The molecule has 0 saturated carbocycles. The van der Waals surface area contributed by atoms with E-state index in [1.165, 1.54) is 89.9 Å². The van der Waals surface area contributed by atoms with Crippen LogP contribution in [0.1, 0.15) is 135 Å². The van der Waals surface area contributed by atoms with Crippen molar-refractivity contribution >= 4 is 0 Å². The second-order valence-electron chi connectivity index (χ2n) is 16.5. The predicted octanol–water partition coefficient (Wildman–Crippen LogP) is 13.7. The SMILES string of the molecule is C1=CC[N-]C([N-]C[N-]C2CCCC[N-]2)=C1.C1CCC([N-]C[N-]C2CCCC[N-]2)[N-]C1.C1CCC([N-]C[N-]C2CCCC[N-]2)[N-]C1.C1CCC([N-]C[N-]C2CCCC[N-]2)[N-]C1.[Co].[Co].[Co]. The van der Waals surface area contributed by atoms with E-state index in [4.69, 9.17) is 0 Å². The molecule has 16 nitrogen and oxygen atoms in total. The van der Waals surface area contributed by atoms with E-state index < -0.39 is 0 Å². The van der Waals surface area contributed by atoms with E-state index in [-0.39, 0.29) is 93.5 Å². The molecular weight excluding hydrogens is 929 g/mol. The summed E-state index contributed by atoms with van der Waals surface area (Å²) in [5.41, 5.74) is 0. The summed E-state index contributed by atoms with van der Waals surface area (Å²) < 4.78 is 0. The minimum absolute atomic E-state index is 0. The molecular formula is C44H76Co3N16-16. The van der Waals surface area contributed by atoms with Crippen LogP contribution in [-0.2, 0) is 50.3 Å². The van der Waals surface area contributed by atoms with Crippen LogP contribution in [0, 0.1) is 0 Å². The maximum atomic E-state index is 4.48. The molecule has 3 radical (unpaired) electrons. The average Bonchev–Trinajstić information content (AvgIpc) is 3.33. The van der Waals surface area contributed by atoms with Crippen LogP contribution in [0.3, 0.4) is 0 Å². The Bertz CT molecular complexity index is 930.